The van der Waals surface area contributed by atoms with Crippen molar-refractivity contribution in [3.8, 4) is 0 Å². The summed E-state index contributed by atoms with van der Waals surface area (Å²) in [6.45, 7) is -0.185. The van der Waals surface area contributed by atoms with E-state index in [1.807, 2.05) is 182 Å². The first-order chi connectivity index (χ1) is 43.4. The Morgan fingerprint density at radius 3 is 1.22 bits per heavy atom. The molecule has 0 bridgehead atoms. The van der Waals surface area contributed by atoms with E-state index in [0.717, 1.165) is 56.4 Å². The first-order valence-corrected chi connectivity index (χ1v) is 32.7. The molecule has 4 aliphatic rings. The summed E-state index contributed by atoms with van der Waals surface area (Å²) in [7, 11) is 2.59. The van der Waals surface area contributed by atoms with Gasteiger partial charge in [-0.25, -0.2) is 0 Å². The molecule has 4 N–H and O–H groups in total. The molecule has 8 aromatic rings. The zero-order valence-corrected chi connectivity index (χ0v) is 52.4. The van der Waals surface area contributed by atoms with Gasteiger partial charge in [-0.1, -0.05) is 192 Å². The predicted molar refractivity (Wildman–Crippen MR) is 345 cm³/mol. The maximum Gasteiger partial charge on any atom is 0.316 e. The largest absolute Gasteiger partial charge is 0.454 e. The lowest BCUT2D eigenvalue weighted by Gasteiger charge is -2.56. The Labute approximate surface area is 538 Å². The Bertz CT molecular complexity index is 3750. The van der Waals surface area contributed by atoms with Crippen LogP contribution in [0.15, 0.2) is 192 Å². The number of amides is 4. The molecule has 20 nitrogen and oxygen atoms in total. The van der Waals surface area contributed by atoms with Crippen LogP contribution in [0.2, 0.25) is 0 Å². The topological polar surface area (TPSA) is 244 Å². The molecule has 4 fully saturated rings. The van der Waals surface area contributed by atoms with Gasteiger partial charge < -0.3 is 45.5 Å². The van der Waals surface area contributed by atoms with Gasteiger partial charge in [0.25, 0.3) is 11.8 Å². The maximum atomic E-state index is 14.5. The molecule has 0 saturated carbocycles. The zero-order valence-electron chi connectivity index (χ0n) is 47.6. The van der Waals surface area contributed by atoms with Crippen molar-refractivity contribution in [1.82, 2.24) is 39.1 Å². The number of benzene rings is 6. The molecular formula is C63H56Cl2N12O8S4. The first kappa shape index (κ1) is 60.9. The Morgan fingerprint density at radius 2 is 0.888 bits per heavy atom. The highest BCUT2D eigenvalue weighted by Gasteiger charge is 2.61. The number of carbonyl (C=O) groups is 5. The van der Waals surface area contributed by atoms with Gasteiger partial charge in [0.1, 0.15) is 53.5 Å². The number of hydrogen-bond donors (Lipinski definition) is 4. The molecule has 2 aromatic heterocycles. The number of nitrogens with one attached hydrogen (secondary N) is 4. The van der Waals surface area contributed by atoms with E-state index in [1.54, 1.807) is 0 Å². The second-order valence-corrected chi connectivity index (χ2v) is 25.6. The third kappa shape index (κ3) is 11.5. The number of anilines is 2. The lowest BCUT2D eigenvalue weighted by atomic mass is 9.77. The molecule has 12 rings (SSSR count). The molecule has 0 aliphatic carbocycles. The van der Waals surface area contributed by atoms with Crippen molar-refractivity contribution in [2.75, 3.05) is 61.2 Å². The van der Waals surface area contributed by atoms with Crippen LogP contribution >= 0.6 is 69.8 Å². The lowest BCUT2D eigenvalue weighted by Crippen LogP contribution is -2.76. The van der Waals surface area contributed by atoms with Crippen LogP contribution in [0.4, 0.5) is 10.3 Å². The van der Waals surface area contributed by atoms with E-state index in [0.29, 0.717) is 10.3 Å². The highest BCUT2D eigenvalue weighted by atomic mass is 35.5. The minimum Gasteiger partial charge on any atom is -0.454 e. The van der Waals surface area contributed by atoms with Gasteiger partial charge in [0.15, 0.2) is 5.60 Å². The number of nitrogens with zero attached hydrogens (tertiary/aromatic N) is 8. The number of carbonyl (C=O) groups excluding carboxylic acids is 5. The van der Waals surface area contributed by atoms with Gasteiger partial charge in [-0.15, -0.1) is 46.7 Å². The van der Waals surface area contributed by atoms with Gasteiger partial charge >= 0.3 is 5.97 Å². The highest BCUT2D eigenvalue weighted by Crippen LogP contribution is 2.47. The van der Waals surface area contributed by atoms with E-state index < -0.39 is 74.5 Å². The van der Waals surface area contributed by atoms with E-state index in [2.05, 4.69) is 40.3 Å². The second-order valence-electron chi connectivity index (χ2n) is 21.4. The molecule has 89 heavy (non-hydrogen) atoms. The Morgan fingerprint density at radius 1 is 0.539 bits per heavy atom. The van der Waals surface area contributed by atoms with Crippen LogP contribution in [0.25, 0.3) is 0 Å². The van der Waals surface area contributed by atoms with Crippen molar-refractivity contribution in [1.29, 1.82) is 0 Å². The van der Waals surface area contributed by atoms with Crippen molar-refractivity contribution in [3.63, 3.8) is 0 Å². The normalized spacial score (nSPS) is 21.7. The molecule has 4 aliphatic heterocycles. The number of hydrogen-bond acceptors (Lipinski definition) is 20. The van der Waals surface area contributed by atoms with Gasteiger partial charge in [0.05, 0.1) is 12.4 Å². The maximum absolute atomic E-state index is 14.5. The molecule has 6 heterocycles. The van der Waals surface area contributed by atoms with Crippen LogP contribution in [0.1, 0.15) is 45.0 Å². The summed E-state index contributed by atoms with van der Waals surface area (Å²) in [6, 6.07) is 57.7. The van der Waals surface area contributed by atoms with Crippen molar-refractivity contribution in [2.24, 2.45) is 15.7 Å². The van der Waals surface area contributed by atoms with Crippen molar-refractivity contribution in [2.45, 2.75) is 39.5 Å². The molecule has 0 spiro atoms. The average molecular weight is 1310 g/mol. The molecule has 0 radical (unpaired) electrons. The molecule has 4 amide bonds. The van der Waals surface area contributed by atoms with E-state index in [9.17, 15) is 24.0 Å². The van der Waals surface area contributed by atoms with Crippen molar-refractivity contribution in [3.05, 3.63) is 227 Å². The predicted octanol–water partition coefficient (Wildman–Crippen LogP) is 8.14. The van der Waals surface area contributed by atoms with Gasteiger partial charge in [0, 0.05) is 47.0 Å². The summed E-state index contributed by atoms with van der Waals surface area (Å²) in [4.78, 5) is 93.5. The summed E-state index contributed by atoms with van der Waals surface area (Å²) < 4.78 is 15.4. The van der Waals surface area contributed by atoms with Crippen LogP contribution in [0, 0.1) is 5.41 Å². The number of β-lactam (4-membered cyclic amide) rings is 2. The van der Waals surface area contributed by atoms with Crippen LogP contribution in [-0.2, 0) is 49.5 Å². The SMILES string of the molecule is CO/N=C(\C(=O)N[C@@H]1C(=O)N2C[C@@](CCl)(OC(=O)[C@@]3(CCl)CS[C@@H]4[C@H](NC(=O)/C(=N\OC)c5nsc(NC(c6ccccc6)(c6ccccc6)c6ccccc6)n5)C(=O)N4C3)CS[C@H]12)c1nsc(NC(c2ccccc2)(c2ccccc2)c2ccccc2)n1. The van der Waals surface area contributed by atoms with Crippen molar-refractivity contribution < 1.29 is 38.4 Å². The number of rotatable bonds is 22. The summed E-state index contributed by atoms with van der Waals surface area (Å²) in [5.74, 6) is -3.25. The molecular weight excluding hydrogens is 1250 g/mol. The Kier molecular flexibility index (Phi) is 17.8. The summed E-state index contributed by atoms with van der Waals surface area (Å²) >= 11 is 17.9. The Balaban J connectivity index is 0.680. The van der Waals surface area contributed by atoms with E-state index in [1.165, 1.54) is 47.5 Å². The smallest absolute Gasteiger partial charge is 0.316 e. The van der Waals surface area contributed by atoms with Crippen LogP contribution < -0.4 is 21.3 Å². The zero-order chi connectivity index (χ0) is 61.8. The second kappa shape index (κ2) is 26.0. The number of esters is 1. The van der Waals surface area contributed by atoms with Gasteiger partial charge in [-0.3, -0.25) is 24.0 Å². The quantitative estimate of drug-likeness (QED) is 0.0125. The number of halogens is 2. The average Bonchev–Trinajstić information content (AvgIpc) is 1.41. The van der Waals surface area contributed by atoms with Gasteiger partial charge in [0.2, 0.25) is 45.1 Å². The number of thioether (sulfide) groups is 2. The third-order valence-corrected chi connectivity index (χ3v) is 21.4. The summed E-state index contributed by atoms with van der Waals surface area (Å²) in [5.41, 5.74) is 0.503. The van der Waals surface area contributed by atoms with Crippen LogP contribution in [0.3, 0.4) is 0 Å². The van der Waals surface area contributed by atoms with Gasteiger partial charge in [-0.05, 0) is 33.4 Å². The monoisotopic (exact) mass is 1310 g/mol. The van der Waals surface area contributed by atoms with E-state index in [4.69, 9.17) is 47.6 Å². The molecule has 454 valence electrons. The molecule has 0 unspecified atom stereocenters. The van der Waals surface area contributed by atoms with Gasteiger partial charge in [-0.2, -0.15) is 18.7 Å². The van der Waals surface area contributed by atoms with E-state index >= 15 is 0 Å². The minimum absolute atomic E-state index is 0.0271. The highest BCUT2D eigenvalue weighted by molar-refractivity contribution is 8.00. The van der Waals surface area contributed by atoms with Crippen LogP contribution in [-0.4, -0.2) is 149 Å². The molecule has 6 aromatic carbocycles. The van der Waals surface area contributed by atoms with Crippen LogP contribution in [0.5, 0.6) is 0 Å². The number of alkyl halides is 2. The lowest BCUT2D eigenvalue weighted by molar-refractivity contribution is -0.177. The fraction of sp³-hybridized carbons (Fsp3) is 0.254. The molecule has 6 atom stereocenters. The summed E-state index contributed by atoms with van der Waals surface area (Å²) in [6.07, 6.45) is 0. The Hall–Kier alpha value is -8.39. The first-order valence-electron chi connectivity index (χ1n) is 28.0. The minimum atomic E-state index is -1.38. The van der Waals surface area contributed by atoms with E-state index in [-0.39, 0.29) is 59.4 Å². The third-order valence-electron chi connectivity index (χ3n) is 16.0. The molecule has 4 saturated heterocycles. The summed E-state index contributed by atoms with van der Waals surface area (Å²) in [5, 5.41) is 20.6. The fourth-order valence-corrected chi connectivity index (χ4v) is 16.6. The molecule has 26 heteroatoms. The fourth-order valence-electron chi connectivity index (χ4n) is 11.6. The number of fused-ring (bicyclic) bond motifs is 2. The number of ether oxygens (including phenoxy) is 1. The number of oxime groups is 2. The number of aromatic nitrogens is 4. The van der Waals surface area contributed by atoms with Crippen molar-refractivity contribution >= 4 is 121 Å². The standard InChI is InChI=1S/C63H56Cl2N12O8S4/c1-83-72-45(49-68-58(88-74-49)70-62(39-21-9-3-10-22-39,40-23-11-4-12-24-40)41-25-13-5-14-26-41)51(78)66-47-53(80)76-35-60(33-64,37-86-55(47)76)57(82)85-61(34-65)36-77-54(81)48(56(77)87-38-61)67-52(79)46(73-84-2)50-69-59(89-75-50)71-63(42-27-15-6-16-28-42,43-29-17-7-18-30-43)44-31-19-8-20-32-44/h3-32,47-48,55-56H,33-38H2,1-2H3,(H,66,78)(H,67,79)(H,68,70,74)(H,69,71,75)/b72-45-,73-46-/t47-,48-,55-,56-,60-,61-/m1/s1.